The number of rotatable bonds is 9. The van der Waals surface area contributed by atoms with Gasteiger partial charge in [0.05, 0.1) is 26.9 Å². The van der Waals surface area contributed by atoms with Gasteiger partial charge in [0.25, 0.3) is 0 Å². The van der Waals surface area contributed by atoms with Crippen molar-refractivity contribution in [3.05, 3.63) is 0 Å². The van der Waals surface area contributed by atoms with Crippen LogP contribution in [0.5, 0.6) is 6.01 Å². The molecule has 0 atom stereocenters. The maximum atomic E-state index is 5.28. The Hall–Kier alpha value is -1.71. The van der Waals surface area contributed by atoms with Crippen molar-refractivity contribution in [1.82, 2.24) is 15.0 Å². The molecule has 0 amide bonds. The molecule has 1 heterocycles. The van der Waals surface area contributed by atoms with E-state index in [1.165, 1.54) is 7.11 Å². The van der Waals surface area contributed by atoms with Gasteiger partial charge in [0.1, 0.15) is 0 Å². The van der Waals surface area contributed by atoms with Crippen LogP contribution in [0.4, 0.5) is 11.9 Å². The molecule has 0 saturated heterocycles. The molecule has 0 aliphatic carbocycles. The summed E-state index contributed by atoms with van der Waals surface area (Å²) in [4.78, 5) is 11.9. The number of hydrogen-bond acceptors (Lipinski definition) is 9. The van der Waals surface area contributed by atoms with Crippen LogP contribution in [-0.2, 0) is 9.47 Å². The highest BCUT2D eigenvalue weighted by Crippen LogP contribution is 2.09. The molecule has 1 rings (SSSR count). The molecule has 0 unspecified atom stereocenters. The van der Waals surface area contributed by atoms with E-state index >= 15 is 0 Å². The molecule has 9 heteroatoms. The number of nitrogen functional groups attached to an aromatic ring is 1. The van der Waals surface area contributed by atoms with Gasteiger partial charge in [0.2, 0.25) is 11.9 Å². The van der Waals surface area contributed by atoms with E-state index in [0.717, 1.165) is 0 Å². The number of hydrazine groups is 1. The van der Waals surface area contributed by atoms with Gasteiger partial charge in [-0.25, -0.2) is 5.84 Å². The fourth-order valence-electron chi connectivity index (χ4n) is 1.07. The third-order valence-electron chi connectivity index (χ3n) is 1.89. The van der Waals surface area contributed by atoms with Gasteiger partial charge in [-0.1, -0.05) is 0 Å². The summed E-state index contributed by atoms with van der Waals surface area (Å²) in [5, 5.41) is 2.97. The van der Waals surface area contributed by atoms with E-state index < -0.39 is 0 Å². The van der Waals surface area contributed by atoms with Crippen LogP contribution >= 0.6 is 0 Å². The molecule has 9 nitrogen and oxygen atoms in total. The average Bonchev–Trinajstić information content (AvgIpc) is 2.42. The lowest BCUT2D eigenvalue weighted by Gasteiger charge is -2.08. The monoisotopic (exact) mass is 258 g/mol. The Morgan fingerprint density at radius 2 is 1.83 bits per heavy atom. The third kappa shape index (κ3) is 5.08. The summed E-state index contributed by atoms with van der Waals surface area (Å²) in [5.41, 5.74) is 2.33. The standard InChI is InChI=1S/C9H18N6O3/c1-16-5-6-18-4-3-11-7-12-8(15-10)14-9(13-7)17-2/h3-6,10H2,1-2H3,(H2,11,12,13,14,15). The van der Waals surface area contributed by atoms with E-state index in [4.69, 9.17) is 20.1 Å². The molecule has 0 aromatic carbocycles. The first-order valence-corrected chi connectivity index (χ1v) is 5.37. The lowest BCUT2D eigenvalue weighted by molar-refractivity contribution is 0.0758. The van der Waals surface area contributed by atoms with Crippen LogP contribution in [0.1, 0.15) is 0 Å². The van der Waals surface area contributed by atoms with Crippen LogP contribution in [0.3, 0.4) is 0 Å². The van der Waals surface area contributed by atoms with E-state index in [1.54, 1.807) is 7.11 Å². The van der Waals surface area contributed by atoms with E-state index in [2.05, 4.69) is 25.7 Å². The maximum Gasteiger partial charge on any atom is 0.322 e. The summed E-state index contributed by atoms with van der Waals surface area (Å²) >= 11 is 0. The number of methoxy groups -OCH3 is 2. The molecule has 0 bridgehead atoms. The minimum atomic E-state index is 0.181. The Morgan fingerprint density at radius 1 is 1.06 bits per heavy atom. The van der Waals surface area contributed by atoms with Gasteiger partial charge < -0.3 is 19.5 Å². The molecule has 0 radical (unpaired) electrons. The van der Waals surface area contributed by atoms with Crippen molar-refractivity contribution in [2.24, 2.45) is 5.84 Å². The SMILES string of the molecule is COCCOCCNc1nc(NN)nc(OC)n1. The van der Waals surface area contributed by atoms with Crippen LogP contribution < -0.4 is 21.3 Å². The first-order chi connectivity index (χ1) is 8.80. The number of aromatic nitrogens is 3. The Kier molecular flexibility index (Phi) is 6.69. The molecule has 0 fully saturated rings. The van der Waals surface area contributed by atoms with Gasteiger partial charge in [0, 0.05) is 13.7 Å². The highest BCUT2D eigenvalue weighted by molar-refractivity contribution is 5.34. The van der Waals surface area contributed by atoms with Crippen molar-refractivity contribution in [3.63, 3.8) is 0 Å². The van der Waals surface area contributed by atoms with Crippen molar-refractivity contribution in [1.29, 1.82) is 0 Å². The fraction of sp³-hybridized carbons (Fsp3) is 0.667. The van der Waals surface area contributed by atoms with Crippen molar-refractivity contribution in [2.45, 2.75) is 0 Å². The number of nitrogens with zero attached hydrogens (tertiary/aromatic N) is 3. The smallest absolute Gasteiger partial charge is 0.322 e. The van der Waals surface area contributed by atoms with E-state index in [0.29, 0.717) is 32.3 Å². The lowest BCUT2D eigenvalue weighted by Crippen LogP contribution is -2.16. The Balaban J connectivity index is 2.36. The van der Waals surface area contributed by atoms with E-state index in [-0.39, 0.29) is 12.0 Å². The minimum Gasteiger partial charge on any atom is -0.467 e. The predicted molar refractivity (Wildman–Crippen MR) is 65.4 cm³/mol. The quantitative estimate of drug-likeness (QED) is 0.298. The Morgan fingerprint density at radius 3 is 2.50 bits per heavy atom. The molecular formula is C9H18N6O3. The summed E-state index contributed by atoms with van der Waals surface area (Å²) < 4.78 is 15.0. The minimum absolute atomic E-state index is 0.181. The van der Waals surface area contributed by atoms with Crippen molar-refractivity contribution in [2.75, 3.05) is 51.3 Å². The van der Waals surface area contributed by atoms with Gasteiger partial charge in [-0.05, 0) is 0 Å². The van der Waals surface area contributed by atoms with Crippen LogP contribution in [0, 0.1) is 0 Å². The van der Waals surface area contributed by atoms with E-state index in [9.17, 15) is 0 Å². The topological polar surface area (TPSA) is 116 Å². The number of nitrogens with one attached hydrogen (secondary N) is 2. The highest BCUT2D eigenvalue weighted by atomic mass is 16.5. The first-order valence-electron chi connectivity index (χ1n) is 5.37. The molecular weight excluding hydrogens is 240 g/mol. The molecule has 4 N–H and O–H groups in total. The zero-order valence-electron chi connectivity index (χ0n) is 10.5. The molecule has 102 valence electrons. The van der Waals surface area contributed by atoms with Crippen molar-refractivity contribution < 1.29 is 14.2 Å². The number of anilines is 2. The summed E-state index contributed by atoms with van der Waals surface area (Å²) in [6, 6.07) is 0.181. The van der Waals surface area contributed by atoms with Crippen LogP contribution in [-0.4, -0.2) is 55.5 Å². The molecule has 0 aliphatic rings. The molecule has 0 saturated carbocycles. The van der Waals surface area contributed by atoms with Gasteiger partial charge in [-0.2, -0.15) is 15.0 Å². The zero-order chi connectivity index (χ0) is 13.2. The summed E-state index contributed by atoms with van der Waals surface area (Å²) in [5.74, 6) is 5.82. The van der Waals surface area contributed by atoms with Crippen LogP contribution in [0.2, 0.25) is 0 Å². The molecule has 0 spiro atoms. The lowest BCUT2D eigenvalue weighted by atomic mass is 10.6. The Labute approximate surface area is 105 Å². The highest BCUT2D eigenvalue weighted by Gasteiger charge is 2.04. The van der Waals surface area contributed by atoms with Gasteiger partial charge in [-0.3, -0.25) is 5.43 Å². The second-order valence-electron chi connectivity index (χ2n) is 3.15. The van der Waals surface area contributed by atoms with Gasteiger partial charge >= 0.3 is 6.01 Å². The predicted octanol–water partition coefficient (Wildman–Crippen LogP) is -0.759. The summed E-state index contributed by atoms with van der Waals surface area (Å²) in [7, 11) is 3.09. The normalized spacial score (nSPS) is 10.2. The largest absolute Gasteiger partial charge is 0.467 e. The first kappa shape index (κ1) is 14.4. The van der Waals surface area contributed by atoms with Crippen LogP contribution in [0.15, 0.2) is 0 Å². The number of hydrogen-bond donors (Lipinski definition) is 3. The molecule has 1 aromatic heterocycles. The molecule has 1 aromatic rings. The van der Waals surface area contributed by atoms with Gasteiger partial charge in [0.15, 0.2) is 0 Å². The van der Waals surface area contributed by atoms with Crippen LogP contribution in [0.25, 0.3) is 0 Å². The van der Waals surface area contributed by atoms with Crippen molar-refractivity contribution in [3.8, 4) is 6.01 Å². The summed E-state index contributed by atoms with van der Waals surface area (Å²) in [6.45, 7) is 2.19. The molecule has 18 heavy (non-hydrogen) atoms. The maximum absolute atomic E-state index is 5.28. The van der Waals surface area contributed by atoms with E-state index in [1.807, 2.05) is 0 Å². The average molecular weight is 258 g/mol. The third-order valence-corrected chi connectivity index (χ3v) is 1.89. The number of nitrogens with two attached hydrogens (primary N) is 1. The zero-order valence-corrected chi connectivity index (χ0v) is 10.5. The second-order valence-corrected chi connectivity index (χ2v) is 3.15. The molecule has 0 aliphatic heterocycles. The second kappa shape index (κ2) is 8.39. The Bertz CT molecular complexity index is 329. The summed E-state index contributed by atoms with van der Waals surface area (Å²) in [6.07, 6.45) is 0. The number of ether oxygens (including phenoxy) is 3. The van der Waals surface area contributed by atoms with Gasteiger partial charge in [-0.15, -0.1) is 0 Å². The van der Waals surface area contributed by atoms with Crippen molar-refractivity contribution >= 4 is 11.9 Å². The fourth-order valence-corrected chi connectivity index (χ4v) is 1.07.